The van der Waals surface area contributed by atoms with Gasteiger partial charge in [-0.3, -0.25) is 4.79 Å². The number of ether oxygens (including phenoxy) is 1. The molecule has 0 spiro atoms. The van der Waals surface area contributed by atoms with Crippen molar-refractivity contribution in [2.24, 2.45) is 7.05 Å². The molecular weight excluding hydrogens is 390 g/mol. The van der Waals surface area contributed by atoms with Crippen molar-refractivity contribution in [3.8, 4) is 22.6 Å². The molecule has 1 atom stereocenters. The third-order valence-corrected chi connectivity index (χ3v) is 4.27. The van der Waals surface area contributed by atoms with E-state index in [4.69, 9.17) is 4.74 Å². The van der Waals surface area contributed by atoms with Crippen LogP contribution in [0.1, 0.15) is 0 Å². The lowest BCUT2D eigenvalue weighted by atomic mass is 10.1. The summed E-state index contributed by atoms with van der Waals surface area (Å²) in [6.07, 6.45) is 3.10. The fourth-order valence-electron chi connectivity index (χ4n) is 2.50. The molecule has 0 fully saturated rings. The first-order chi connectivity index (χ1) is 12.8. The summed E-state index contributed by atoms with van der Waals surface area (Å²) in [5.74, 6) is -1.38. The van der Waals surface area contributed by atoms with E-state index in [9.17, 15) is 17.8 Å². The van der Waals surface area contributed by atoms with E-state index in [1.165, 1.54) is 23.0 Å². The van der Waals surface area contributed by atoms with Crippen LogP contribution in [0.3, 0.4) is 0 Å². The fraction of sp³-hybridized carbons (Fsp3) is 0.105. The highest BCUT2D eigenvalue weighted by atomic mass is 32.2. The number of nitrogens with zero attached hydrogens (tertiary/aromatic N) is 1. The smallest absolute Gasteiger partial charge is 0.250 e. The Kier molecular flexibility index (Phi) is 6.66. The number of hydrogen-bond donors (Lipinski definition) is 1. The summed E-state index contributed by atoms with van der Waals surface area (Å²) < 4.78 is 48.4. The predicted molar refractivity (Wildman–Crippen MR) is 105 cm³/mol. The zero-order chi connectivity index (χ0) is 19.6. The Balaban J connectivity index is 0.00000280. The number of nitrogens with one attached hydrogen (secondary N) is 1. The number of rotatable bonds is 5. The van der Waals surface area contributed by atoms with Gasteiger partial charge >= 0.3 is 0 Å². The number of aryl methyl sites for hydroxylation is 1. The molecule has 1 heterocycles. The van der Waals surface area contributed by atoms with Crippen molar-refractivity contribution in [2.45, 2.75) is 0 Å². The number of aromatic nitrogens is 1. The predicted octanol–water partition coefficient (Wildman–Crippen LogP) is 3.00. The quantitative estimate of drug-likeness (QED) is 0.703. The van der Waals surface area contributed by atoms with Gasteiger partial charge in [0.05, 0.1) is 0 Å². The van der Waals surface area contributed by atoms with E-state index in [2.05, 4.69) is 4.72 Å². The maximum Gasteiger partial charge on any atom is 0.250 e. The van der Waals surface area contributed by atoms with Gasteiger partial charge in [0.15, 0.2) is 11.6 Å². The molecule has 3 N–H and O–H groups in total. The Bertz CT molecular complexity index is 1090. The van der Waals surface area contributed by atoms with Crippen molar-refractivity contribution in [3.05, 3.63) is 76.7 Å². The maximum absolute atomic E-state index is 14.0. The van der Waals surface area contributed by atoms with E-state index in [0.717, 1.165) is 12.1 Å². The van der Waals surface area contributed by atoms with Gasteiger partial charge in [-0.1, -0.05) is 0 Å². The van der Waals surface area contributed by atoms with Crippen molar-refractivity contribution in [1.29, 1.82) is 0 Å². The van der Waals surface area contributed by atoms with Gasteiger partial charge in [0.25, 0.3) is 0 Å². The zero-order valence-corrected chi connectivity index (χ0v) is 15.8. The molecule has 6 nitrogen and oxygen atoms in total. The summed E-state index contributed by atoms with van der Waals surface area (Å²) in [4.78, 5) is 11.7. The average Bonchev–Trinajstić information content (AvgIpc) is 2.60. The molecule has 0 saturated heterocycles. The molecule has 1 aromatic heterocycles. The molecule has 2 aromatic carbocycles. The standard InChI is InChI=1S/C19H16F2N2O3S.H2O/c1-23-11-12(3-8-19(23)24)15-10-14(22-27(2)25)5-7-17(15)26-18-6-4-13(20)9-16(18)21;/h3-11,22H,1-2H3;1H2. The lowest BCUT2D eigenvalue weighted by Gasteiger charge is -2.14. The number of anilines is 1. The first-order valence-corrected chi connectivity index (χ1v) is 9.43. The third kappa shape index (κ3) is 4.81. The second-order valence-corrected chi connectivity index (χ2v) is 6.92. The molecule has 0 aliphatic carbocycles. The first kappa shape index (κ1) is 21.3. The van der Waals surface area contributed by atoms with E-state index in [1.54, 1.807) is 37.5 Å². The highest BCUT2D eigenvalue weighted by molar-refractivity contribution is 7.85. The summed E-state index contributed by atoms with van der Waals surface area (Å²) in [5, 5.41) is 0. The topological polar surface area (TPSA) is 91.8 Å². The minimum absolute atomic E-state index is 0. The van der Waals surface area contributed by atoms with E-state index in [1.807, 2.05) is 0 Å². The summed E-state index contributed by atoms with van der Waals surface area (Å²) in [6, 6.07) is 10.9. The number of halogens is 2. The van der Waals surface area contributed by atoms with Crippen LogP contribution in [-0.4, -0.2) is 20.5 Å². The maximum atomic E-state index is 14.0. The molecule has 1 unspecified atom stereocenters. The van der Waals surface area contributed by atoms with E-state index in [0.29, 0.717) is 22.6 Å². The average molecular weight is 408 g/mol. The molecule has 148 valence electrons. The van der Waals surface area contributed by atoms with Crippen LogP contribution in [0.2, 0.25) is 0 Å². The summed E-state index contributed by atoms with van der Waals surface area (Å²) in [5.41, 5.74) is 1.56. The van der Waals surface area contributed by atoms with Gasteiger partial charge in [-0.25, -0.2) is 13.0 Å². The van der Waals surface area contributed by atoms with Crippen molar-refractivity contribution in [2.75, 3.05) is 11.0 Å². The Morgan fingerprint density at radius 3 is 2.39 bits per heavy atom. The van der Waals surface area contributed by atoms with Gasteiger partial charge in [-0.05, 0) is 36.4 Å². The van der Waals surface area contributed by atoms with Crippen LogP contribution < -0.4 is 15.0 Å². The molecule has 0 saturated carbocycles. The van der Waals surface area contributed by atoms with E-state index in [-0.39, 0.29) is 16.8 Å². The number of benzene rings is 2. The highest BCUT2D eigenvalue weighted by Crippen LogP contribution is 2.36. The lowest BCUT2D eigenvalue weighted by molar-refractivity contribution is 0.439. The summed E-state index contributed by atoms with van der Waals surface area (Å²) in [6.45, 7) is 0. The van der Waals surface area contributed by atoms with Crippen LogP contribution in [-0.2, 0) is 18.0 Å². The van der Waals surface area contributed by atoms with Crippen LogP contribution in [0.4, 0.5) is 14.5 Å². The van der Waals surface area contributed by atoms with Crippen molar-refractivity contribution in [1.82, 2.24) is 4.57 Å². The number of hydrogen-bond acceptors (Lipinski definition) is 3. The van der Waals surface area contributed by atoms with Gasteiger partial charge in [0, 0.05) is 48.4 Å². The summed E-state index contributed by atoms with van der Waals surface area (Å²) in [7, 11) is 0.319. The van der Waals surface area contributed by atoms with Gasteiger partial charge in [-0.15, -0.1) is 0 Å². The Morgan fingerprint density at radius 1 is 1.04 bits per heavy atom. The summed E-state index contributed by atoms with van der Waals surface area (Å²) >= 11 is 0. The van der Waals surface area contributed by atoms with Crippen LogP contribution in [0.5, 0.6) is 11.5 Å². The molecule has 3 aromatic rings. The minimum Gasteiger partial charge on any atom is -0.454 e. The minimum atomic E-state index is -1.29. The molecule has 0 aliphatic heterocycles. The van der Waals surface area contributed by atoms with Crippen LogP contribution in [0, 0.1) is 11.6 Å². The first-order valence-electron chi connectivity index (χ1n) is 7.87. The van der Waals surface area contributed by atoms with Crippen LogP contribution in [0.15, 0.2) is 59.5 Å². The van der Waals surface area contributed by atoms with Gasteiger partial charge in [-0.2, -0.15) is 0 Å². The second kappa shape index (κ2) is 8.77. The van der Waals surface area contributed by atoms with E-state index < -0.39 is 22.6 Å². The molecule has 0 amide bonds. The lowest BCUT2D eigenvalue weighted by Crippen LogP contribution is -2.14. The molecule has 0 bridgehead atoms. The van der Waals surface area contributed by atoms with Gasteiger partial charge in [0.2, 0.25) is 5.56 Å². The molecule has 28 heavy (non-hydrogen) atoms. The Morgan fingerprint density at radius 2 is 1.75 bits per heavy atom. The monoisotopic (exact) mass is 408 g/mol. The fourth-order valence-corrected chi connectivity index (χ4v) is 2.96. The number of pyridine rings is 1. The SMILES string of the molecule is Cn1cc(-c2cc(NS(C)=O)ccc2Oc2ccc(F)cc2F)ccc1=O.O. The largest absolute Gasteiger partial charge is 0.454 e. The zero-order valence-electron chi connectivity index (χ0n) is 15.0. The third-order valence-electron chi connectivity index (χ3n) is 3.75. The van der Waals surface area contributed by atoms with Crippen molar-refractivity contribution < 1.29 is 23.2 Å². The van der Waals surface area contributed by atoms with Crippen molar-refractivity contribution in [3.63, 3.8) is 0 Å². The Labute approximate surface area is 162 Å². The molecule has 9 heteroatoms. The normalized spacial score (nSPS) is 11.4. The second-order valence-electron chi connectivity index (χ2n) is 5.81. The van der Waals surface area contributed by atoms with Crippen LogP contribution >= 0.6 is 0 Å². The van der Waals surface area contributed by atoms with Gasteiger partial charge in [0.1, 0.15) is 22.6 Å². The highest BCUT2D eigenvalue weighted by Gasteiger charge is 2.13. The molecule has 0 radical (unpaired) electrons. The molecular formula is C19H18F2N2O4S. The molecule has 0 aliphatic rings. The Hall–Kier alpha value is -3.04. The van der Waals surface area contributed by atoms with E-state index >= 15 is 0 Å². The molecule has 3 rings (SSSR count). The van der Waals surface area contributed by atoms with Gasteiger partial charge < -0.3 is 19.5 Å². The van der Waals surface area contributed by atoms with Crippen LogP contribution in [0.25, 0.3) is 11.1 Å². The van der Waals surface area contributed by atoms with Crippen molar-refractivity contribution >= 4 is 16.7 Å².